The molecule has 1 saturated heterocycles. The van der Waals surface area contributed by atoms with Gasteiger partial charge in [-0.2, -0.15) is 5.26 Å². The van der Waals surface area contributed by atoms with Crippen molar-refractivity contribution in [3.8, 4) is 6.07 Å². The van der Waals surface area contributed by atoms with Crippen LogP contribution in [0.4, 0.5) is 5.82 Å². The van der Waals surface area contributed by atoms with Gasteiger partial charge in [0.15, 0.2) is 0 Å². The maximum atomic E-state index is 9.05. The second-order valence-electron chi connectivity index (χ2n) is 8.05. The highest BCUT2D eigenvalue weighted by molar-refractivity contribution is 7.19. The predicted octanol–water partition coefficient (Wildman–Crippen LogP) is 3.52. The molecule has 2 aliphatic rings. The molecule has 0 bridgehead atoms. The summed E-state index contributed by atoms with van der Waals surface area (Å²) in [6, 6.07) is 10.0. The molecule has 0 N–H and O–H groups in total. The summed E-state index contributed by atoms with van der Waals surface area (Å²) in [5, 5.41) is 10.3. The van der Waals surface area contributed by atoms with Gasteiger partial charge in [0.2, 0.25) is 0 Å². The Bertz CT molecular complexity index is 1100. The summed E-state index contributed by atoms with van der Waals surface area (Å²) < 4.78 is 5.48. The summed E-state index contributed by atoms with van der Waals surface area (Å²) in [7, 11) is 2.11. The fraction of sp³-hybridized carbons (Fsp3) is 0.435. The Morgan fingerprint density at radius 3 is 2.73 bits per heavy atom. The molecule has 1 aliphatic carbocycles. The summed E-state index contributed by atoms with van der Waals surface area (Å²) in [4.78, 5) is 17.2. The van der Waals surface area contributed by atoms with E-state index >= 15 is 0 Å². The largest absolute Gasteiger partial charge is 0.379 e. The van der Waals surface area contributed by atoms with Crippen molar-refractivity contribution in [1.82, 2.24) is 14.9 Å². The Morgan fingerprint density at radius 1 is 1.17 bits per heavy atom. The average Bonchev–Trinajstić information content (AvgIpc) is 3.35. The van der Waals surface area contributed by atoms with Crippen molar-refractivity contribution in [3.63, 3.8) is 0 Å². The molecule has 0 radical (unpaired) electrons. The van der Waals surface area contributed by atoms with E-state index in [-0.39, 0.29) is 0 Å². The van der Waals surface area contributed by atoms with Crippen LogP contribution in [0.5, 0.6) is 0 Å². The van der Waals surface area contributed by atoms with E-state index in [2.05, 4.69) is 22.9 Å². The van der Waals surface area contributed by atoms with E-state index in [0.29, 0.717) is 5.56 Å². The van der Waals surface area contributed by atoms with Crippen molar-refractivity contribution in [3.05, 3.63) is 51.7 Å². The first-order chi connectivity index (χ1) is 14.7. The van der Waals surface area contributed by atoms with Crippen LogP contribution < -0.4 is 4.90 Å². The van der Waals surface area contributed by atoms with E-state index in [1.807, 2.05) is 35.6 Å². The van der Waals surface area contributed by atoms with Crippen molar-refractivity contribution < 1.29 is 4.74 Å². The van der Waals surface area contributed by atoms with Gasteiger partial charge in [-0.05, 0) is 42.5 Å². The smallest absolute Gasteiger partial charge is 0.146 e. The molecule has 1 aromatic carbocycles. The minimum Gasteiger partial charge on any atom is -0.379 e. The molecule has 0 amide bonds. The number of morpholine rings is 1. The maximum absolute atomic E-state index is 9.05. The van der Waals surface area contributed by atoms with E-state index in [1.54, 1.807) is 0 Å². The number of hydrogen-bond acceptors (Lipinski definition) is 7. The zero-order valence-electron chi connectivity index (χ0n) is 17.2. The third-order valence-electron chi connectivity index (χ3n) is 5.92. The molecule has 0 saturated carbocycles. The zero-order valence-corrected chi connectivity index (χ0v) is 18.0. The number of thiophene rings is 1. The number of aromatic nitrogens is 2. The van der Waals surface area contributed by atoms with E-state index < -0.39 is 0 Å². The van der Waals surface area contributed by atoms with E-state index in [4.69, 9.17) is 20.0 Å². The number of fused-ring (bicyclic) bond motifs is 3. The highest BCUT2D eigenvalue weighted by atomic mass is 32.1. The normalized spacial score (nSPS) is 16.5. The molecule has 154 valence electrons. The summed E-state index contributed by atoms with van der Waals surface area (Å²) in [5.41, 5.74) is 3.31. The molecule has 0 atom stereocenters. The minimum absolute atomic E-state index is 0.689. The Morgan fingerprint density at radius 2 is 1.97 bits per heavy atom. The number of nitriles is 1. The van der Waals surface area contributed by atoms with Gasteiger partial charge < -0.3 is 9.64 Å². The minimum atomic E-state index is 0.689. The molecule has 0 unspecified atom stereocenters. The van der Waals surface area contributed by atoms with Crippen LogP contribution in [0.3, 0.4) is 0 Å². The lowest BCUT2D eigenvalue weighted by atomic mass is 10.1. The number of nitrogens with zero attached hydrogens (tertiary/aromatic N) is 5. The standard InChI is InChI=1S/C23H25N5OS/c1-27(14-17-7-5-16(13-24)6-8-17)22-21-18-3-2-4-19(18)30-23(21)26-20(25-22)15-28-9-11-29-12-10-28/h5-8H,2-4,9-12,14-15H2,1H3. The van der Waals surface area contributed by atoms with Gasteiger partial charge in [0.25, 0.3) is 0 Å². The number of aryl methyl sites for hydroxylation is 2. The average molecular weight is 420 g/mol. The summed E-state index contributed by atoms with van der Waals surface area (Å²) >= 11 is 1.85. The molecule has 1 fully saturated rings. The first kappa shape index (κ1) is 19.4. The lowest BCUT2D eigenvalue weighted by molar-refractivity contribution is 0.0331. The first-order valence-electron chi connectivity index (χ1n) is 10.5. The Balaban J connectivity index is 1.49. The summed E-state index contributed by atoms with van der Waals surface area (Å²) in [6.07, 6.45) is 3.51. The first-order valence-corrected chi connectivity index (χ1v) is 11.3. The van der Waals surface area contributed by atoms with Crippen molar-refractivity contribution >= 4 is 27.4 Å². The Hall–Kier alpha value is -2.53. The van der Waals surface area contributed by atoms with Crippen LogP contribution in [-0.2, 0) is 30.7 Å². The molecular formula is C23H25N5OS. The molecule has 6 nitrogen and oxygen atoms in total. The van der Waals surface area contributed by atoms with Crippen LogP contribution in [0, 0.1) is 11.3 Å². The molecule has 3 aromatic rings. The molecule has 2 aromatic heterocycles. The van der Waals surface area contributed by atoms with Crippen LogP contribution in [-0.4, -0.2) is 48.2 Å². The van der Waals surface area contributed by atoms with Crippen molar-refractivity contribution in [1.29, 1.82) is 5.26 Å². The predicted molar refractivity (Wildman–Crippen MR) is 119 cm³/mol. The van der Waals surface area contributed by atoms with E-state index in [0.717, 1.165) is 68.7 Å². The topological polar surface area (TPSA) is 65.3 Å². The quantitative estimate of drug-likeness (QED) is 0.630. The molecule has 0 spiro atoms. The number of ether oxygens (including phenoxy) is 1. The molecule has 30 heavy (non-hydrogen) atoms. The van der Waals surface area contributed by atoms with E-state index in [1.165, 1.54) is 27.8 Å². The molecule has 5 rings (SSSR count). The number of hydrogen-bond donors (Lipinski definition) is 0. The van der Waals surface area contributed by atoms with Gasteiger partial charge in [-0.25, -0.2) is 9.97 Å². The number of rotatable bonds is 5. The second-order valence-corrected chi connectivity index (χ2v) is 9.14. The van der Waals surface area contributed by atoms with Crippen molar-refractivity contribution in [2.24, 2.45) is 0 Å². The van der Waals surface area contributed by atoms with Crippen molar-refractivity contribution in [2.45, 2.75) is 32.4 Å². The Labute approximate surface area is 180 Å². The third kappa shape index (κ3) is 3.79. The monoisotopic (exact) mass is 419 g/mol. The van der Waals surface area contributed by atoms with Crippen LogP contribution >= 0.6 is 11.3 Å². The molecule has 7 heteroatoms. The summed E-state index contributed by atoms with van der Waals surface area (Å²) in [6.45, 7) is 4.93. The van der Waals surface area contributed by atoms with Gasteiger partial charge in [0, 0.05) is 31.6 Å². The molecule has 3 heterocycles. The fourth-order valence-electron chi connectivity index (χ4n) is 4.36. The zero-order chi connectivity index (χ0) is 20.5. The summed E-state index contributed by atoms with van der Waals surface area (Å²) in [5.74, 6) is 1.93. The van der Waals surface area contributed by atoms with Gasteiger partial charge >= 0.3 is 0 Å². The highest BCUT2D eigenvalue weighted by Gasteiger charge is 2.24. The van der Waals surface area contributed by atoms with Gasteiger partial charge in [-0.15, -0.1) is 11.3 Å². The van der Waals surface area contributed by atoms with Crippen LogP contribution in [0.1, 0.15) is 33.8 Å². The second kappa shape index (κ2) is 8.31. The number of anilines is 1. The van der Waals surface area contributed by atoms with Gasteiger partial charge in [-0.1, -0.05) is 12.1 Å². The van der Waals surface area contributed by atoms with E-state index in [9.17, 15) is 0 Å². The maximum Gasteiger partial charge on any atom is 0.146 e. The SMILES string of the molecule is CN(Cc1ccc(C#N)cc1)c1nc(CN2CCOCC2)nc2sc3c(c12)CCC3. The van der Waals surface area contributed by atoms with Crippen LogP contribution in [0.15, 0.2) is 24.3 Å². The fourth-order valence-corrected chi connectivity index (χ4v) is 5.63. The lowest BCUT2D eigenvalue weighted by Crippen LogP contribution is -2.36. The highest BCUT2D eigenvalue weighted by Crippen LogP contribution is 2.40. The third-order valence-corrected chi connectivity index (χ3v) is 7.11. The number of benzene rings is 1. The molecule has 1 aliphatic heterocycles. The van der Waals surface area contributed by atoms with Gasteiger partial charge in [0.05, 0.1) is 36.8 Å². The Kier molecular flexibility index (Phi) is 5.38. The van der Waals surface area contributed by atoms with Crippen LogP contribution in [0.2, 0.25) is 0 Å². The van der Waals surface area contributed by atoms with Gasteiger partial charge in [0.1, 0.15) is 16.5 Å². The van der Waals surface area contributed by atoms with Gasteiger partial charge in [-0.3, -0.25) is 4.90 Å². The van der Waals surface area contributed by atoms with Crippen LogP contribution in [0.25, 0.3) is 10.2 Å². The molecular weight excluding hydrogens is 394 g/mol. The lowest BCUT2D eigenvalue weighted by Gasteiger charge is -2.26. The van der Waals surface area contributed by atoms with Crippen molar-refractivity contribution in [2.75, 3.05) is 38.3 Å².